The number of carbonyl (C=O) groups is 2. The number of anilines is 1. The van der Waals surface area contributed by atoms with Gasteiger partial charge in [-0.2, -0.15) is 30.9 Å². The fraction of sp³-hybridized carbons (Fsp3) is 0.500. The summed E-state index contributed by atoms with van der Waals surface area (Å²) in [5.74, 6) is -2.75. The molecule has 0 spiro atoms. The molecule has 0 radical (unpaired) electrons. The largest absolute Gasteiger partial charge is 0.494 e. The number of benzene rings is 1. The number of ether oxygens (including phenoxy) is 4. The first-order valence-electron chi connectivity index (χ1n) is 13.6. The van der Waals surface area contributed by atoms with Gasteiger partial charge in [-0.05, 0) is 17.5 Å². The summed E-state index contributed by atoms with van der Waals surface area (Å²) in [6.07, 6.45) is -8.17. The maximum atomic E-state index is 13.6. The van der Waals surface area contributed by atoms with Crippen LogP contribution >= 0.6 is 0 Å². The van der Waals surface area contributed by atoms with Crippen LogP contribution < -0.4 is 24.7 Å². The summed E-state index contributed by atoms with van der Waals surface area (Å²) >= 11 is 0. The van der Waals surface area contributed by atoms with Gasteiger partial charge < -0.3 is 33.5 Å². The number of halogens is 6. The van der Waals surface area contributed by atoms with Crippen molar-refractivity contribution >= 4 is 23.0 Å². The Kier molecular flexibility index (Phi) is 10.9. The van der Waals surface area contributed by atoms with E-state index in [1.807, 2.05) is 26.8 Å². The summed E-state index contributed by atoms with van der Waals surface area (Å²) in [5.41, 5.74) is 1.90. The molecule has 1 aliphatic rings. The summed E-state index contributed by atoms with van der Waals surface area (Å²) < 4.78 is 93.5. The molecule has 2 aromatic heterocycles. The molecule has 0 amide bonds. The lowest BCUT2D eigenvalue weighted by Gasteiger charge is -2.33. The highest BCUT2D eigenvalue weighted by molar-refractivity contribution is 5.98. The molecule has 1 saturated heterocycles. The Morgan fingerprint density at radius 2 is 1.63 bits per heavy atom. The van der Waals surface area contributed by atoms with Crippen LogP contribution in [0.4, 0.5) is 32.0 Å². The number of rotatable bonds is 8. The molecule has 0 atom stereocenters. The smallest absolute Gasteiger partial charge is 0.490 e. The topological polar surface area (TPSA) is 141 Å². The van der Waals surface area contributed by atoms with Gasteiger partial charge in [0, 0.05) is 36.5 Å². The van der Waals surface area contributed by atoms with Gasteiger partial charge in [-0.1, -0.05) is 20.8 Å². The number of alkyl halides is 6. The standard InChI is InChI=1S/C26H32F3N5O5.C2HF3O2/c1-25(2,3)18-10-16(11-19(22(18)36-4)32-6-8-38-9-7-32)20(35)14-33-13-17-12-21(39-15-26(27,28)29)23(37-5)31-34(17)24(33)30;3-2(4,5)1(6)7/h10-13,30H,6-9,14-15H2,1-5H3;(H,6,7). The minimum atomic E-state index is -5.08. The van der Waals surface area contributed by atoms with Crippen LogP contribution in [0.3, 0.4) is 0 Å². The van der Waals surface area contributed by atoms with E-state index in [2.05, 4.69) is 10.00 Å². The molecule has 3 heterocycles. The number of carboxylic acid groups (broad SMARTS) is 1. The van der Waals surface area contributed by atoms with Gasteiger partial charge in [0.2, 0.25) is 5.62 Å². The number of hydrogen-bond acceptors (Lipinski definition) is 9. The van der Waals surface area contributed by atoms with Gasteiger partial charge in [0.25, 0.3) is 5.88 Å². The van der Waals surface area contributed by atoms with Crippen molar-refractivity contribution in [1.29, 1.82) is 5.41 Å². The van der Waals surface area contributed by atoms with Crippen molar-refractivity contribution in [3.05, 3.63) is 41.1 Å². The second-order valence-electron chi connectivity index (χ2n) is 11.0. The van der Waals surface area contributed by atoms with Crippen molar-refractivity contribution in [2.75, 3.05) is 52.0 Å². The lowest BCUT2D eigenvalue weighted by atomic mass is 9.84. The molecule has 0 saturated carbocycles. The number of Topliss-reactive ketones (excluding diaryl/α,β-unsaturated/α-hetero) is 1. The molecule has 1 aromatic carbocycles. The van der Waals surface area contributed by atoms with Gasteiger partial charge >= 0.3 is 18.3 Å². The third kappa shape index (κ3) is 8.82. The molecular weight excluding hydrogens is 632 g/mol. The Morgan fingerprint density at radius 3 is 2.13 bits per heavy atom. The number of aliphatic carboxylic acids is 1. The molecule has 12 nitrogen and oxygen atoms in total. The van der Waals surface area contributed by atoms with E-state index in [4.69, 9.17) is 34.3 Å². The highest BCUT2D eigenvalue weighted by Gasteiger charge is 2.38. The highest BCUT2D eigenvalue weighted by atomic mass is 19.4. The summed E-state index contributed by atoms with van der Waals surface area (Å²) in [6.45, 7) is 6.83. The second kappa shape index (κ2) is 13.9. The van der Waals surface area contributed by atoms with E-state index < -0.39 is 24.9 Å². The number of nitrogens with one attached hydrogen (secondary N) is 1. The van der Waals surface area contributed by atoms with Crippen LogP contribution in [0.2, 0.25) is 0 Å². The number of ketones is 1. The Morgan fingerprint density at radius 1 is 1.02 bits per heavy atom. The Hall–Kier alpha value is -4.48. The zero-order valence-corrected chi connectivity index (χ0v) is 25.5. The first-order chi connectivity index (χ1) is 21.3. The van der Waals surface area contributed by atoms with Crippen molar-refractivity contribution in [1.82, 2.24) is 14.2 Å². The number of carboxylic acids is 1. The molecule has 18 heteroatoms. The number of morpholine rings is 1. The van der Waals surface area contributed by atoms with Crippen molar-refractivity contribution in [2.24, 2.45) is 0 Å². The fourth-order valence-corrected chi connectivity index (χ4v) is 4.42. The van der Waals surface area contributed by atoms with Crippen molar-refractivity contribution in [3.63, 3.8) is 0 Å². The first kappa shape index (κ1) is 36.0. The molecule has 0 unspecified atom stereocenters. The minimum Gasteiger partial charge on any atom is -0.494 e. The van der Waals surface area contributed by atoms with Crippen LogP contribution in [0.5, 0.6) is 17.4 Å². The monoisotopic (exact) mass is 665 g/mol. The van der Waals surface area contributed by atoms with Crippen LogP contribution in [0.25, 0.3) is 5.52 Å². The lowest BCUT2D eigenvalue weighted by molar-refractivity contribution is -0.192. The molecule has 2 N–H and O–H groups in total. The number of imidazole rings is 1. The Balaban J connectivity index is 0.000000738. The molecule has 1 aliphatic heterocycles. The number of hydrogen-bond donors (Lipinski definition) is 2. The molecule has 46 heavy (non-hydrogen) atoms. The molecule has 1 fully saturated rings. The van der Waals surface area contributed by atoms with Crippen molar-refractivity contribution in [2.45, 2.75) is 45.1 Å². The molecule has 3 aromatic rings. The number of carbonyl (C=O) groups excluding carboxylic acids is 1. The van der Waals surface area contributed by atoms with Gasteiger partial charge in [-0.3, -0.25) is 10.2 Å². The molecule has 4 rings (SSSR count). The van der Waals surface area contributed by atoms with E-state index in [9.17, 15) is 31.1 Å². The van der Waals surface area contributed by atoms with Crippen LogP contribution in [-0.2, 0) is 21.5 Å². The predicted molar refractivity (Wildman–Crippen MR) is 150 cm³/mol. The average Bonchev–Trinajstić information content (AvgIpc) is 3.27. The van der Waals surface area contributed by atoms with Gasteiger partial charge in [0.1, 0.15) is 5.75 Å². The Labute approximate surface area is 258 Å². The number of aromatic nitrogens is 3. The maximum absolute atomic E-state index is 13.6. The molecule has 0 aliphatic carbocycles. The maximum Gasteiger partial charge on any atom is 0.490 e. The minimum absolute atomic E-state index is 0.156. The highest BCUT2D eigenvalue weighted by Crippen LogP contribution is 2.40. The van der Waals surface area contributed by atoms with Crippen LogP contribution in [0.1, 0.15) is 36.7 Å². The van der Waals surface area contributed by atoms with Gasteiger partial charge in [-0.15, -0.1) is 5.10 Å². The van der Waals surface area contributed by atoms with E-state index in [0.29, 0.717) is 37.6 Å². The number of fused-ring (bicyclic) bond motifs is 1. The second-order valence-corrected chi connectivity index (χ2v) is 11.0. The van der Waals surface area contributed by atoms with Crippen LogP contribution in [0, 0.1) is 5.41 Å². The predicted octanol–water partition coefficient (Wildman–Crippen LogP) is 4.22. The molecule has 254 valence electrons. The SMILES string of the molecule is COc1nn2c(=N)n(CC(=O)c3cc(N4CCOCC4)c(OC)c(C(C)(C)C)c3)cc2cc1OCC(F)(F)F.O=C(O)C(F)(F)F. The number of methoxy groups -OCH3 is 2. The third-order valence-electron chi connectivity index (χ3n) is 6.58. The Bertz CT molecular complexity index is 1620. The van der Waals surface area contributed by atoms with Crippen molar-refractivity contribution in [3.8, 4) is 17.4 Å². The van der Waals surface area contributed by atoms with E-state index >= 15 is 0 Å². The molecular formula is C28H33F6N5O7. The zero-order valence-electron chi connectivity index (χ0n) is 25.5. The lowest BCUT2D eigenvalue weighted by Crippen LogP contribution is -2.37. The van der Waals surface area contributed by atoms with E-state index in [1.54, 1.807) is 13.2 Å². The summed E-state index contributed by atoms with van der Waals surface area (Å²) in [4.78, 5) is 24.6. The third-order valence-corrected chi connectivity index (χ3v) is 6.58. The fourth-order valence-electron chi connectivity index (χ4n) is 4.42. The van der Waals surface area contributed by atoms with Crippen LogP contribution in [0.15, 0.2) is 24.4 Å². The average molecular weight is 666 g/mol. The molecule has 0 bridgehead atoms. The van der Waals surface area contributed by atoms with Gasteiger partial charge in [0.05, 0.1) is 45.2 Å². The van der Waals surface area contributed by atoms with Crippen molar-refractivity contribution < 1.29 is 60.0 Å². The van der Waals surface area contributed by atoms with Gasteiger partial charge in [0.15, 0.2) is 18.1 Å². The summed E-state index contributed by atoms with van der Waals surface area (Å²) in [5, 5.41) is 19.7. The van der Waals surface area contributed by atoms with Crippen LogP contribution in [-0.4, -0.2) is 90.5 Å². The zero-order chi connectivity index (χ0) is 34.6. The van der Waals surface area contributed by atoms with E-state index in [-0.39, 0.29) is 40.5 Å². The quantitative estimate of drug-likeness (QED) is 0.267. The first-order valence-corrected chi connectivity index (χ1v) is 13.6. The van der Waals surface area contributed by atoms with E-state index in [0.717, 1.165) is 11.3 Å². The number of nitrogens with zero attached hydrogens (tertiary/aromatic N) is 4. The normalized spacial score (nSPS) is 14.0. The van der Waals surface area contributed by atoms with Gasteiger partial charge in [-0.25, -0.2) is 4.79 Å². The summed E-state index contributed by atoms with van der Waals surface area (Å²) in [7, 11) is 2.85. The summed E-state index contributed by atoms with van der Waals surface area (Å²) in [6, 6.07) is 4.90. The van der Waals surface area contributed by atoms with E-state index in [1.165, 1.54) is 28.5 Å².